The number of nitrogens with zero attached hydrogens (tertiary/aromatic N) is 8. The monoisotopic (exact) mass is 661 g/mol. The molecule has 10 nitrogen and oxygen atoms in total. The van der Waals surface area contributed by atoms with Crippen molar-refractivity contribution in [3.63, 3.8) is 0 Å². The molecule has 36 heavy (non-hydrogen) atoms. The van der Waals surface area contributed by atoms with E-state index >= 15 is 0 Å². The van der Waals surface area contributed by atoms with E-state index in [-0.39, 0.29) is 21.1 Å². The molecule has 11 heteroatoms. The molecule has 186 valence electrons. The van der Waals surface area contributed by atoms with Crippen LogP contribution in [0.2, 0.25) is 0 Å². The molecule has 6 heterocycles. The van der Waals surface area contributed by atoms with Crippen molar-refractivity contribution < 1.29 is 21.1 Å². The van der Waals surface area contributed by atoms with Crippen molar-refractivity contribution in [1.82, 2.24) is 39.2 Å². The van der Waals surface area contributed by atoms with Crippen LogP contribution in [-0.2, 0) is 21.1 Å². The van der Waals surface area contributed by atoms with Crippen molar-refractivity contribution >= 4 is 22.7 Å². The standard InChI is InChI=1S/2C11H9N5.C3H8.Pt/c2*12-8-4-5-10-14-15-11(16(10)7-8)9-3-1-2-6-13-9;1-3-2;/h2*1-7H,12H2;3H2,1-2H3;. The normalized spacial score (nSPS) is 10.1. The van der Waals surface area contributed by atoms with Crippen LogP contribution in [0.3, 0.4) is 0 Å². The van der Waals surface area contributed by atoms with Crippen LogP contribution in [0.15, 0.2) is 85.5 Å². The molecule has 0 aliphatic heterocycles. The molecule has 0 fully saturated rings. The Morgan fingerprint density at radius 2 is 1.03 bits per heavy atom. The molecule has 0 aliphatic carbocycles. The van der Waals surface area contributed by atoms with E-state index < -0.39 is 0 Å². The third kappa shape index (κ3) is 6.08. The van der Waals surface area contributed by atoms with E-state index in [1.165, 1.54) is 6.42 Å². The van der Waals surface area contributed by atoms with Gasteiger partial charge < -0.3 is 11.5 Å². The second-order valence-electron chi connectivity index (χ2n) is 7.57. The zero-order chi connectivity index (χ0) is 24.6. The number of pyridine rings is 4. The van der Waals surface area contributed by atoms with Crippen molar-refractivity contribution in [2.24, 2.45) is 0 Å². The Kier molecular flexibility index (Phi) is 9.18. The largest absolute Gasteiger partial charge is 0.398 e. The number of anilines is 2. The zero-order valence-electron chi connectivity index (χ0n) is 19.8. The van der Waals surface area contributed by atoms with Crippen LogP contribution in [0.1, 0.15) is 20.3 Å². The average molecular weight is 662 g/mol. The van der Waals surface area contributed by atoms with Crippen LogP contribution >= 0.6 is 0 Å². The SMILES string of the molecule is CCC.Nc1ccc2nnc(-c3ccccn3)n2c1.Nc1ccc2nnc(-c3ccccn3)n2c1.[Pt]. The number of nitrogen functional groups attached to an aromatic ring is 2. The van der Waals surface area contributed by atoms with Crippen molar-refractivity contribution in [2.75, 3.05) is 11.5 Å². The van der Waals surface area contributed by atoms with E-state index in [1.54, 1.807) is 36.9 Å². The summed E-state index contributed by atoms with van der Waals surface area (Å²) in [5.41, 5.74) is 15.9. The van der Waals surface area contributed by atoms with E-state index in [4.69, 9.17) is 11.5 Å². The van der Waals surface area contributed by atoms with Crippen molar-refractivity contribution in [2.45, 2.75) is 20.3 Å². The van der Waals surface area contributed by atoms with Gasteiger partial charge in [0.25, 0.3) is 0 Å². The van der Waals surface area contributed by atoms with E-state index in [1.807, 2.05) is 57.3 Å². The molecular weight excluding hydrogens is 635 g/mol. The quantitative estimate of drug-likeness (QED) is 0.282. The predicted molar refractivity (Wildman–Crippen MR) is 137 cm³/mol. The maximum atomic E-state index is 5.73. The number of hydrogen-bond acceptors (Lipinski definition) is 8. The second kappa shape index (κ2) is 12.5. The summed E-state index contributed by atoms with van der Waals surface area (Å²) in [6, 6.07) is 18.6. The summed E-state index contributed by atoms with van der Waals surface area (Å²) in [5.74, 6) is 1.39. The van der Waals surface area contributed by atoms with Crippen molar-refractivity contribution in [1.29, 1.82) is 0 Å². The molecule has 0 aliphatic rings. The summed E-state index contributed by atoms with van der Waals surface area (Å²) in [6.07, 6.45) is 8.28. The van der Waals surface area contributed by atoms with Gasteiger partial charge in [-0.3, -0.25) is 18.8 Å². The van der Waals surface area contributed by atoms with Crippen molar-refractivity contribution in [3.05, 3.63) is 85.5 Å². The van der Waals surface area contributed by atoms with Gasteiger partial charge in [-0.15, -0.1) is 20.4 Å². The van der Waals surface area contributed by atoms with Gasteiger partial charge in [-0.2, -0.15) is 0 Å². The van der Waals surface area contributed by atoms with Gasteiger partial charge in [0.1, 0.15) is 11.4 Å². The Balaban J connectivity index is 0.000000177. The Morgan fingerprint density at radius 3 is 1.39 bits per heavy atom. The van der Waals surface area contributed by atoms with E-state index in [0.29, 0.717) is 23.0 Å². The van der Waals surface area contributed by atoms with Gasteiger partial charge in [0.05, 0.1) is 0 Å². The van der Waals surface area contributed by atoms with Gasteiger partial charge in [-0.25, -0.2) is 0 Å². The zero-order valence-corrected chi connectivity index (χ0v) is 22.1. The Labute approximate surface area is 222 Å². The van der Waals surface area contributed by atoms with Crippen LogP contribution in [-0.4, -0.2) is 39.2 Å². The first-order valence-electron chi connectivity index (χ1n) is 11.1. The van der Waals surface area contributed by atoms with Gasteiger partial charge >= 0.3 is 0 Å². The maximum Gasteiger partial charge on any atom is 0.187 e. The van der Waals surface area contributed by atoms with E-state index in [2.05, 4.69) is 44.2 Å². The van der Waals surface area contributed by atoms with Crippen molar-refractivity contribution in [3.8, 4) is 23.0 Å². The molecule has 0 unspecified atom stereocenters. The summed E-state index contributed by atoms with van der Waals surface area (Å²) in [7, 11) is 0. The third-order valence-electron chi connectivity index (χ3n) is 4.64. The summed E-state index contributed by atoms with van der Waals surface area (Å²) < 4.78 is 3.66. The van der Waals surface area contributed by atoms with Crippen LogP contribution in [0.25, 0.3) is 34.3 Å². The van der Waals surface area contributed by atoms with Gasteiger partial charge in [0.15, 0.2) is 22.9 Å². The summed E-state index contributed by atoms with van der Waals surface area (Å²) in [6.45, 7) is 4.25. The minimum absolute atomic E-state index is 0. The molecule has 6 rings (SSSR count). The fraction of sp³-hybridized carbons (Fsp3) is 0.120. The first kappa shape index (κ1) is 26.4. The molecular formula is C25H26N10Pt. The number of nitrogens with two attached hydrogens (primary N) is 2. The second-order valence-corrected chi connectivity index (χ2v) is 7.57. The van der Waals surface area contributed by atoms with E-state index in [0.717, 1.165) is 22.7 Å². The molecule has 0 atom stereocenters. The molecule has 0 spiro atoms. The summed E-state index contributed by atoms with van der Waals surface area (Å²) in [5, 5.41) is 16.3. The number of aromatic nitrogens is 8. The minimum Gasteiger partial charge on any atom is -0.398 e. The number of rotatable bonds is 2. The number of hydrogen-bond donors (Lipinski definition) is 2. The summed E-state index contributed by atoms with van der Waals surface area (Å²) in [4.78, 5) is 8.47. The van der Waals surface area contributed by atoms with Crippen LogP contribution in [0.4, 0.5) is 11.4 Å². The first-order chi connectivity index (χ1) is 17.1. The molecule has 0 saturated heterocycles. The van der Waals surface area contributed by atoms with Gasteiger partial charge in [-0.05, 0) is 48.5 Å². The number of fused-ring (bicyclic) bond motifs is 2. The molecule has 0 saturated carbocycles. The molecule has 6 aromatic rings. The van der Waals surface area contributed by atoms with Gasteiger partial charge in [-0.1, -0.05) is 32.4 Å². The van der Waals surface area contributed by atoms with Gasteiger partial charge in [0.2, 0.25) is 0 Å². The fourth-order valence-corrected chi connectivity index (χ4v) is 3.15. The first-order valence-corrected chi connectivity index (χ1v) is 11.1. The minimum atomic E-state index is 0. The molecule has 0 radical (unpaired) electrons. The topological polar surface area (TPSA) is 138 Å². The van der Waals surface area contributed by atoms with Crippen LogP contribution < -0.4 is 11.5 Å². The average Bonchev–Trinajstić information content (AvgIpc) is 3.50. The van der Waals surface area contributed by atoms with Gasteiger partial charge in [0, 0.05) is 57.2 Å². The Bertz CT molecular complexity index is 1400. The third-order valence-corrected chi connectivity index (χ3v) is 4.64. The summed E-state index contributed by atoms with van der Waals surface area (Å²) >= 11 is 0. The Hall–Kier alpha value is -4.17. The smallest absolute Gasteiger partial charge is 0.187 e. The van der Waals surface area contributed by atoms with E-state index in [9.17, 15) is 0 Å². The Morgan fingerprint density at radius 1 is 0.611 bits per heavy atom. The van der Waals surface area contributed by atoms with Crippen LogP contribution in [0.5, 0.6) is 0 Å². The fourth-order valence-electron chi connectivity index (χ4n) is 3.15. The molecule has 6 aromatic heterocycles. The maximum absolute atomic E-state index is 5.73. The molecule has 0 aromatic carbocycles. The molecule has 4 N–H and O–H groups in total. The van der Waals surface area contributed by atoms with Crippen LogP contribution in [0, 0.1) is 0 Å². The predicted octanol–water partition coefficient (Wildman–Crippen LogP) is 4.16. The molecule has 0 bridgehead atoms. The molecule has 0 amide bonds.